The molecule has 1 aliphatic rings. The minimum absolute atomic E-state index is 0.0307. The standard InChI is InChI=1S/C17H18F3N7O/c18-17(19,20)13-9-27-14(2-1-3-15(27)24-13)22-10-4-6-11(7-5-10)23-16(28)12-8-21-26-25-12/h1-3,8-11,22H,4-7H2,(H,23,28)(H,21,25,26). The Morgan fingerprint density at radius 3 is 2.61 bits per heavy atom. The molecule has 3 N–H and O–H groups in total. The van der Waals surface area contributed by atoms with Crippen LogP contribution in [0.5, 0.6) is 0 Å². The largest absolute Gasteiger partial charge is 0.434 e. The van der Waals surface area contributed by atoms with Crippen LogP contribution in [0.2, 0.25) is 0 Å². The van der Waals surface area contributed by atoms with Gasteiger partial charge in [-0.2, -0.15) is 28.6 Å². The van der Waals surface area contributed by atoms with Gasteiger partial charge in [0.25, 0.3) is 5.91 Å². The van der Waals surface area contributed by atoms with E-state index in [4.69, 9.17) is 0 Å². The average molecular weight is 393 g/mol. The number of amides is 1. The van der Waals surface area contributed by atoms with Crippen molar-refractivity contribution in [2.24, 2.45) is 0 Å². The fourth-order valence-corrected chi connectivity index (χ4v) is 3.43. The van der Waals surface area contributed by atoms with Crippen LogP contribution in [0.1, 0.15) is 41.9 Å². The fraction of sp³-hybridized carbons (Fsp3) is 0.412. The number of H-pyrrole nitrogens is 1. The Hall–Kier alpha value is -3.11. The van der Waals surface area contributed by atoms with Crippen LogP contribution >= 0.6 is 0 Å². The maximum Gasteiger partial charge on any atom is 0.434 e. The van der Waals surface area contributed by atoms with Crippen molar-refractivity contribution >= 4 is 17.4 Å². The van der Waals surface area contributed by atoms with E-state index in [1.54, 1.807) is 12.1 Å². The minimum Gasteiger partial charge on any atom is -0.368 e. The van der Waals surface area contributed by atoms with Gasteiger partial charge in [-0.3, -0.25) is 9.20 Å². The predicted molar refractivity (Wildman–Crippen MR) is 93.7 cm³/mol. The van der Waals surface area contributed by atoms with Gasteiger partial charge in [0.2, 0.25) is 0 Å². The van der Waals surface area contributed by atoms with Gasteiger partial charge in [0.15, 0.2) is 11.4 Å². The Labute approximate surface area is 157 Å². The Morgan fingerprint density at radius 1 is 1.18 bits per heavy atom. The summed E-state index contributed by atoms with van der Waals surface area (Å²) in [6, 6.07) is 5.07. The highest BCUT2D eigenvalue weighted by molar-refractivity contribution is 5.92. The van der Waals surface area contributed by atoms with Crippen molar-refractivity contribution < 1.29 is 18.0 Å². The highest BCUT2D eigenvalue weighted by atomic mass is 19.4. The highest BCUT2D eigenvalue weighted by Crippen LogP contribution is 2.30. The molecule has 1 aliphatic carbocycles. The van der Waals surface area contributed by atoms with Gasteiger partial charge in [-0.05, 0) is 37.8 Å². The summed E-state index contributed by atoms with van der Waals surface area (Å²) >= 11 is 0. The van der Waals surface area contributed by atoms with Gasteiger partial charge in [0.1, 0.15) is 11.5 Å². The molecule has 8 nitrogen and oxygen atoms in total. The molecule has 0 aliphatic heterocycles. The lowest BCUT2D eigenvalue weighted by molar-refractivity contribution is -0.140. The maximum absolute atomic E-state index is 12.9. The van der Waals surface area contributed by atoms with Crippen LogP contribution in [0.4, 0.5) is 19.0 Å². The number of anilines is 1. The molecule has 1 amide bonds. The van der Waals surface area contributed by atoms with E-state index in [9.17, 15) is 18.0 Å². The van der Waals surface area contributed by atoms with Crippen LogP contribution in [-0.2, 0) is 6.18 Å². The summed E-state index contributed by atoms with van der Waals surface area (Å²) in [6.45, 7) is 0. The van der Waals surface area contributed by atoms with Crippen molar-refractivity contribution in [1.82, 2.24) is 30.1 Å². The molecule has 0 bridgehead atoms. The molecule has 3 aromatic heterocycles. The van der Waals surface area contributed by atoms with E-state index in [2.05, 4.69) is 31.0 Å². The second kappa shape index (κ2) is 7.13. The molecule has 3 heterocycles. The molecule has 0 atom stereocenters. The van der Waals surface area contributed by atoms with Crippen molar-refractivity contribution in [2.75, 3.05) is 5.32 Å². The van der Waals surface area contributed by atoms with Crippen molar-refractivity contribution in [2.45, 2.75) is 43.9 Å². The fourth-order valence-electron chi connectivity index (χ4n) is 3.43. The van der Waals surface area contributed by atoms with Gasteiger partial charge in [-0.15, -0.1) is 0 Å². The Bertz CT molecular complexity index is 959. The van der Waals surface area contributed by atoms with Crippen molar-refractivity contribution in [3.8, 4) is 0 Å². The van der Waals surface area contributed by atoms with E-state index in [1.165, 1.54) is 16.7 Å². The number of fused-ring (bicyclic) bond motifs is 1. The lowest BCUT2D eigenvalue weighted by atomic mass is 9.91. The molecule has 148 valence electrons. The SMILES string of the molecule is O=C(NC1CCC(Nc2cccc3nc(C(F)(F)F)cn23)CC1)c1cn[nH]n1. The van der Waals surface area contributed by atoms with E-state index in [-0.39, 0.29) is 29.3 Å². The smallest absolute Gasteiger partial charge is 0.368 e. The first-order valence-electron chi connectivity index (χ1n) is 8.88. The third-order valence-electron chi connectivity index (χ3n) is 4.84. The van der Waals surface area contributed by atoms with Gasteiger partial charge in [-0.25, -0.2) is 4.98 Å². The summed E-state index contributed by atoms with van der Waals surface area (Å²) in [5.41, 5.74) is -0.431. The van der Waals surface area contributed by atoms with Gasteiger partial charge in [-0.1, -0.05) is 6.07 Å². The topological polar surface area (TPSA) is 100 Å². The van der Waals surface area contributed by atoms with E-state index in [1.807, 2.05) is 0 Å². The van der Waals surface area contributed by atoms with Crippen molar-refractivity contribution in [3.63, 3.8) is 0 Å². The number of nitrogens with one attached hydrogen (secondary N) is 3. The monoisotopic (exact) mass is 393 g/mol. The Morgan fingerprint density at radius 2 is 1.93 bits per heavy atom. The molecular weight excluding hydrogens is 375 g/mol. The Balaban J connectivity index is 1.38. The average Bonchev–Trinajstić information content (AvgIpc) is 3.33. The third-order valence-corrected chi connectivity index (χ3v) is 4.84. The Kier molecular flexibility index (Phi) is 4.65. The van der Waals surface area contributed by atoms with E-state index < -0.39 is 11.9 Å². The number of carbonyl (C=O) groups is 1. The lowest BCUT2D eigenvalue weighted by Crippen LogP contribution is -2.40. The van der Waals surface area contributed by atoms with Crippen LogP contribution in [0, 0.1) is 0 Å². The second-order valence-electron chi connectivity index (χ2n) is 6.78. The number of alkyl halides is 3. The zero-order valence-corrected chi connectivity index (χ0v) is 14.7. The molecule has 4 rings (SSSR count). The van der Waals surface area contributed by atoms with Gasteiger partial charge < -0.3 is 10.6 Å². The summed E-state index contributed by atoms with van der Waals surface area (Å²) in [5, 5.41) is 16.0. The number of hydrogen-bond acceptors (Lipinski definition) is 5. The molecule has 11 heteroatoms. The first kappa shape index (κ1) is 18.3. The first-order valence-corrected chi connectivity index (χ1v) is 8.88. The van der Waals surface area contributed by atoms with Crippen LogP contribution in [0.3, 0.4) is 0 Å². The van der Waals surface area contributed by atoms with Crippen LogP contribution < -0.4 is 10.6 Å². The number of hydrogen-bond donors (Lipinski definition) is 3. The van der Waals surface area contributed by atoms with E-state index in [0.29, 0.717) is 5.82 Å². The number of halogens is 3. The number of aromatic nitrogens is 5. The van der Waals surface area contributed by atoms with Crippen LogP contribution in [0.25, 0.3) is 5.65 Å². The summed E-state index contributed by atoms with van der Waals surface area (Å²) in [5.74, 6) is 0.295. The van der Waals surface area contributed by atoms with Crippen LogP contribution in [0.15, 0.2) is 30.6 Å². The number of aromatic amines is 1. The zero-order chi connectivity index (χ0) is 19.7. The molecule has 0 saturated heterocycles. The molecule has 3 aromatic rings. The summed E-state index contributed by atoms with van der Waals surface area (Å²) in [7, 11) is 0. The number of rotatable bonds is 4. The van der Waals surface area contributed by atoms with Gasteiger partial charge in [0.05, 0.1) is 6.20 Å². The molecule has 28 heavy (non-hydrogen) atoms. The summed E-state index contributed by atoms with van der Waals surface area (Å²) < 4.78 is 40.2. The molecule has 1 fully saturated rings. The van der Waals surface area contributed by atoms with E-state index >= 15 is 0 Å². The van der Waals surface area contributed by atoms with Crippen LogP contribution in [-0.4, -0.2) is 42.8 Å². The number of nitrogens with zero attached hydrogens (tertiary/aromatic N) is 4. The maximum atomic E-state index is 12.9. The summed E-state index contributed by atoms with van der Waals surface area (Å²) in [6.07, 6.45) is 0.959. The second-order valence-corrected chi connectivity index (χ2v) is 6.78. The first-order chi connectivity index (χ1) is 13.4. The molecule has 0 unspecified atom stereocenters. The van der Waals surface area contributed by atoms with Crippen molar-refractivity contribution in [1.29, 1.82) is 0 Å². The number of imidazole rings is 1. The number of carbonyl (C=O) groups excluding carboxylic acids is 1. The van der Waals surface area contributed by atoms with Gasteiger partial charge >= 0.3 is 6.18 Å². The molecule has 0 spiro atoms. The number of pyridine rings is 1. The third kappa shape index (κ3) is 3.78. The normalized spacial score (nSPS) is 20.2. The minimum atomic E-state index is -4.48. The lowest BCUT2D eigenvalue weighted by Gasteiger charge is -2.30. The van der Waals surface area contributed by atoms with E-state index in [0.717, 1.165) is 31.9 Å². The quantitative estimate of drug-likeness (QED) is 0.633. The molecule has 0 aromatic carbocycles. The molecule has 0 radical (unpaired) electrons. The molecule has 1 saturated carbocycles. The van der Waals surface area contributed by atoms with Gasteiger partial charge in [0, 0.05) is 18.3 Å². The molecular formula is C17H18F3N7O. The zero-order valence-electron chi connectivity index (χ0n) is 14.7. The highest BCUT2D eigenvalue weighted by Gasteiger charge is 2.34. The van der Waals surface area contributed by atoms with Crippen molar-refractivity contribution in [3.05, 3.63) is 42.0 Å². The predicted octanol–water partition coefficient (Wildman–Crippen LogP) is 2.62. The summed E-state index contributed by atoms with van der Waals surface area (Å²) in [4.78, 5) is 15.7.